The maximum atomic E-state index is 10.5. The molecular weight excluding hydrogens is 346 g/mol. The quantitative estimate of drug-likeness (QED) is 0.763. The number of fused-ring (bicyclic) bond motifs is 1. The van der Waals surface area contributed by atoms with Gasteiger partial charge in [-0.25, -0.2) is 0 Å². The second-order valence-electron chi connectivity index (χ2n) is 7.66. The number of hydrogen-bond acceptors (Lipinski definition) is 3. The van der Waals surface area contributed by atoms with Crippen LogP contribution in [0.25, 0.3) is 6.08 Å². The van der Waals surface area contributed by atoms with Crippen molar-refractivity contribution in [3.63, 3.8) is 0 Å². The molecule has 0 aliphatic carbocycles. The molecule has 0 spiro atoms. The molecule has 0 saturated heterocycles. The second-order valence-corrected chi connectivity index (χ2v) is 7.66. The van der Waals surface area contributed by atoms with E-state index in [1.807, 2.05) is 43.5 Å². The maximum Gasteiger partial charge on any atom is 0.209 e. The lowest BCUT2D eigenvalue weighted by atomic mass is 9.80. The summed E-state index contributed by atoms with van der Waals surface area (Å²) in [6, 6.07) is 13.9. The van der Waals surface area contributed by atoms with E-state index in [1.165, 1.54) is 0 Å². The summed E-state index contributed by atoms with van der Waals surface area (Å²) in [6.45, 7) is 10.4. The van der Waals surface area contributed by atoms with Gasteiger partial charge in [0.1, 0.15) is 12.8 Å². The first-order valence-corrected chi connectivity index (χ1v) is 9.75. The number of anilines is 1. The zero-order valence-electron chi connectivity index (χ0n) is 17.3. The third kappa shape index (κ3) is 3.29. The SMILES string of the molecule is CCN(CC)c1ccc(/C=C/C2=[N+](C)c3ccc(C#N)cc3C2(C)C)c(O)c1. The smallest absolute Gasteiger partial charge is 0.209 e. The molecule has 2 aromatic rings. The Labute approximate surface area is 167 Å². The number of nitriles is 1. The van der Waals surface area contributed by atoms with E-state index in [1.54, 1.807) is 0 Å². The standard InChI is InChI=1S/C24H27N3O/c1-6-27(7-2)19-11-9-18(22(28)15-19)10-13-23-24(3,4)20-14-17(16-25)8-12-21(20)26(23)5/h8-15H,6-7H2,1-5H3/p+1. The predicted octanol–water partition coefficient (Wildman–Crippen LogP) is 4.83. The highest BCUT2D eigenvalue weighted by Gasteiger charge is 2.43. The van der Waals surface area contributed by atoms with Crippen LogP contribution in [0.2, 0.25) is 0 Å². The lowest BCUT2D eigenvalue weighted by Gasteiger charge is -2.21. The number of nitrogens with zero attached hydrogens (tertiary/aromatic N) is 3. The van der Waals surface area contributed by atoms with Crippen molar-refractivity contribution in [1.82, 2.24) is 0 Å². The Hall–Kier alpha value is -3.06. The van der Waals surface area contributed by atoms with E-state index in [0.29, 0.717) is 5.56 Å². The molecule has 3 rings (SSSR count). The molecule has 0 amide bonds. The Morgan fingerprint density at radius 2 is 1.82 bits per heavy atom. The number of hydrogen-bond donors (Lipinski definition) is 1. The van der Waals surface area contributed by atoms with E-state index in [0.717, 1.165) is 41.3 Å². The number of aromatic hydroxyl groups is 1. The summed E-state index contributed by atoms with van der Waals surface area (Å²) < 4.78 is 2.16. The fourth-order valence-electron chi connectivity index (χ4n) is 4.03. The number of benzene rings is 2. The van der Waals surface area contributed by atoms with Crippen LogP contribution in [0.15, 0.2) is 42.5 Å². The maximum absolute atomic E-state index is 10.5. The van der Waals surface area contributed by atoms with Crippen LogP contribution >= 0.6 is 0 Å². The number of rotatable bonds is 5. The topological polar surface area (TPSA) is 50.3 Å². The van der Waals surface area contributed by atoms with Gasteiger partial charge in [0, 0.05) is 48.1 Å². The minimum Gasteiger partial charge on any atom is -0.507 e. The number of allylic oxidation sites excluding steroid dienone is 1. The van der Waals surface area contributed by atoms with Crippen molar-refractivity contribution in [3.8, 4) is 11.8 Å². The third-order valence-corrected chi connectivity index (χ3v) is 5.73. The summed E-state index contributed by atoms with van der Waals surface area (Å²) in [5.41, 5.74) is 5.67. The zero-order valence-corrected chi connectivity index (χ0v) is 17.3. The minimum absolute atomic E-state index is 0.218. The van der Waals surface area contributed by atoms with E-state index < -0.39 is 0 Å². The lowest BCUT2D eigenvalue weighted by molar-refractivity contribution is -0.401. The summed E-state index contributed by atoms with van der Waals surface area (Å²) in [6.07, 6.45) is 4.03. The fraction of sp³-hybridized carbons (Fsp3) is 0.333. The Balaban J connectivity index is 1.95. The van der Waals surface area contributed by atoms with E-state index in [-0.39, 0.29) is 11.2 Å². The van der Waals surface area contributed by atoms with Crippen LogP contribution in [-0.4, -0.2) is 35.5 Å². The fourth-order valence-corrected chi connectivity index (χ4v) is 4.03. The van der Waals surface area contributed by atoms with Gasteiger partial charge >= 0.3 is 0 Å². The predicted molar refractivity (Wildman–Crippen MR) is 116 cm³/mol. The molecule has 0 atom stereocenters. The monoisotopic (exact) mass is 374 g/mol. The van der Waals surface area contributed by atoms with E-state index in [9.17, 15) is 10.4 Å². The van der Waals surface area contributed by atoms with E-state index in [2.05, 4.69) is 55.4 Å². The van der Waals surface area contributed by atoms with Gasteiger partial charge in [0.25, 0.3) is 0 Å². The summed E-state index contributed by atoms with van der Waals surface area (Å²) in [5, 5.41) is 19.7. The van der Waals surface area contributed by atoms with E-state index in [4.69, 9.17) is 0 Å². The van der Waals surface area contributed by atoms with Gasteiger partial charge in [-0.05, 0) is 58.0 Å². The van der Waals surface area contributed by atoms with Crippen LogP contribution < -0.4 is 4.90 Å². The first-order valence-electron chi connectivity index (χ1n) is 9.75. The average Bonchev–Trinajstić information content (AvgIpc) is 2.87. The van der Waals surface area contributed by atoms with Gasteiger partial charge in [0.15, 0.2) is 5.71 Å². The van der Waals surface area contributed by atoms with Gasteiger partial charge < -0.3 is 10.0 Å². The van der Waals surface area contributed by atoms with Gasteiger partial charge in [0.05, 0.1) is 17.0 Å². The van der Waals surface area contributed by atoms with Crippen molar-refractivity contribution < 1.29 is 9.68 Å². The van der Waals surface area contributed by atoms with Crippen molar-refractivity contribution in [2.45, 2.75) is 33.1 Å². The molecule has 0 radical (unpaired) electrons. The summed E-state index contributed by atoms with van der Waals surface area (Å²) in [5.74, 6) is 0.281. The summed E-state index contributed by atoms with van der Waals surface area (Å²) in [4.78, 5) is 2.21. The van der Waals surface area contributed by atoms with Gasteiger partial charge in [-0.15, -0.1) is 0 Å². The van der Waals surface area contributed by atoms with Crippen molar-refractivity contribution in [3.05, 3.63) is 59.2 Å². The van der Waals surface area contributed by atoms with Gasteiger partial charge in [-0.1, -0.05) is 0 Å². The van der Waals surface area contributed by atoms with Crippen molar-refractivity contribution in [2.24, 2.45) is 0 Å². The Bertz CT molecular complexity index is 1000. The van der Waals surface area contributed by atoms with Crippen LogP contribution in [0.5, 0.6) is 5.75 Å². The number of phenols is 1. The van der Waals surface area contributed by atoms with Crippen LogP contribution in [0.1, 0.15) is 44.4 Å². The first-order chi connectivity index (χ1) is 13.3. The molecule has 1 aliphatic heterocycles. The summed E-state index contributed by atoms with van der Waals surface area (Å²) in [7, 11) is 2.04. The largest absolute Gasteiger partial charge is 0.507 e. The molecule has 0 saturated carbocycles. The van der Waals surface area contributed by atoms with Gasteiger partial charge in [0.2, 0.25) is 5.69 Å². The Kier molecular flexibility index (Phi) is 5.29. The van der Waals surface area contributed by atoms with Crippen LogP contribution in [0, 0.1) is 11.3 Å². The van der Waals surface area contributed by atoms with Crippen molar-refractivity contribution in [2.75, 3.05) is 25.0 Å². The highest BCUT2D eigenvalue weighted by atomic mass is 16.3. The zero-order chi connectivity index (χ0) is 20.5. The van der Waals surface area contributed by atoms with Crippen molar-refractivity contribution >= 4 is 23.2 Å². The normalized spacial score (nSPS) is 15.0. The van der Waals surface area contributed by atoms with E-state index >= 15 is 0 Å². The second kappa shape index (κ2) is 7.52. The first kappa shape index (κ1) is 19.7. The Morgan fingerprint density at radius 1 is 1.11 bits per heavy atom. The van der Waals surface area contributed by atoms with Gasteiger partial charge in [-0.2, -0.15) is 9.84 Å². The molecule has 1 N–H and O–H groups in total. The highest BCUT2D eigenvalue weighted by Crippen LogP contribution is 2.40. The minimum atomic E-state index is -0.218. The molecule has 0 bridgehead atoms. The van der Waals surface area contributed by atoms with Crippen molar-refractivity contribution in [1.29, 1.82) is 5.26 Å². The highest BCUT2D eigenvalue weighted by molar-refractivity contribution is 6.05. The molecule has 0 aromatic heterocycles. The lowest BCUT2D eigenvalue weighted by Crippen LogP contribution is -2.26. The van der Waals surface area contributed by atoms with Crippen LogP contribution in [-0.2, 0) is 5.41 Å². The molecule has 4 nitrogen and oxygen atoms in total. The third-order valence-electron chi connectivity index (χ3n) is 5.73. The van der Waals surface area contributed by atoms with Gasteiger partial charge in [-0.3, -0.25) is 0 Å². The Morgan fingerprint density at radius 3 is 2.43 bits per heavy atom. The molecule has 0 unspecified atom stereocenters. The molecule has 144 valence electrons. The molecule has 2 aromatic carbocycles. The molecule has 1 aliphatic rings. The van der Waals surface area contributed by atoms with Crippen LogP contribution in [0.3, 0.4) is 0 Å². The molecule has 4 heteroatoms. The molecular formula is C24H28N3O+. The molecule has 1 heterocycles. The van der Waals surface area contributed by atoms with Crippen LogP contribution in [0.4, 0.5) is 11.4 Å². The molecule has 0 fully saturated rings. The average molecular weight is 375 g/mol. The number of phenolic OH excluding ortho intramolecular Hbond substituents is 1. The summed E-state index contributed by atoms with van der Waals surface area (Å²) >= 11 is 0. The molecule has 28 heavy (non-hydrogen) atoms.